The van der Waals surface area contributed by atoms with Gasteiger partial charge in [-0.2, -0.15) is 0 Å². The number of carbonyl (C=O) groups excluding carboxylic acids is 1. The number of piperazine rings is 1. The maximum atomic E-state index is 12.7. The van der Waals surface area contributed by atoms with Crippen molar-refractivity contribution in [3.8, 4) is 0 Å². The van der Waals surface area contributed by atoms with Crippen molar-refractivity contribution in [2.45, 2.75) is 18.9 Å². The number of hydrogen-bond donors (Lipinski definition) is 0. The van der Waals surface area contributed by atoms with Gasteiger partial charge in [-0.1, -0.05) is 30.3 Å². The van der Waals surface area contributed by atoms with E-state index in [1.165, 1.54) is 5.56 Å². The van der Waals surface area contributed by atoms with Crippen LogP contribution in [0.15, 0.2) is 30.3 Å². The van der Waals surface area contributed by atoms with E-state index in [2.05, 4.69) is 41.1 Å². The molecule has 0 aromatic heterocycles. The summed E-state index contributed by atoms with van der Waals surface area (Å²) < 4.78 is 0. The third-order valence-corrected chi connectivity index (χ3v) is 4.39. The maximum absolute atomic E-state index is 12.7. The molecule has 0 radical (unpaired) electrons. The van der Waals surface area contributed by atoms with Gasteiger partial charge in [-0.05, 0) is 25.5 Å². The minimum absolute atomic E-state index is 0.183. The summed E-state index contributed by atoms with van der Waals surface area (Å²) in [6.45, 7) is 4.55. The van der Waals surface area contributed by atoms with Crippen molar-refractivity contribution >= 4 is 6.03 Å². The van der Waals surface area contributed by atoms with Gasteiger partial charge in [0.2, 0.25) is 0 Å². The summed E-state index contributed by atoms with van der Waals surface area (Å²) in [4.78, 5) is 19.1. The van der Waals surface area contributed by atoms with Crippen LogP contribution in [-0.4, -0.2) is 60.5 Å². The van der Waals surface area contributed by atoms with E-state index in [9.17, 15) is 4.79 Å². The second-order valence-corrected chi connectivity index (χ2v) is 5.86. The van der Waals surface area contributed by atoms with Gasteiger partial charge in [0.15, 0.2) is 0 Å². The predicted molar refractivity (Wildman–Crippen MR) is 79.6 cm³/mol. The molecular formula is C16H23N3O. The summed E-state index contributed by atoms with van der Waals surface area (Å²) in [7, 11) is 2.13. The van der Waals surface area contributed by atoms with E-state index < -0.39 is 0 Å². The van der Waals surface area contributed by atoms with Crippen LogP contribution in [0.3, 0.4) is 0 Å². The van der Waals surface area contributed by atoms with Crippen LogP contribution in [0, 0.1) is 0 Å². The lowest BCUT2D eigenvalue weighted by Crippen LogP contribution is -2.52. The fraction of sp³-hybridized carbons (Fsp3) is 0.562. The molecular weight excluding hydrogens is 250 g/mol. The van der Waals surface area contributed by atoms with Crippen molar-refractivity contribution < 1.29 is 4.79 Å². The first-order chi connectivity index (χ1) is 9.75. The molecule has 2 amide bonds. The Kier molecular flexibility index (Phi) is 3.92. The number of rotatable bonds is 1. The largest absolute Gasteiger partial charge is 0.325 e. The van der Waals surface area contributed by atoms with Crippen LogP contribution in [-0.2, 0) is 0 Å². The van der Waals surface area contributed by atoms with Gasteiger partial charge >= 0.3 is 6.03 Å². The number of carbonyl (C=O) groups is 1. The van der Waals surface area contributed by atoms with Crippen molar-refractivity contribution in [2.24, 2.45) is 0 Å². The highest BCUT2D eigenvalue weighted by molar-refractivity contribution is 5.75. The number of benzene rings is 1. The number of likely N-dealkylation sites (tertiary alicyclic amines) is 1. The molecule has 2 saturated heterocycles. The summed E-state index contributed by atoms with van der Waals surface area (Å²) in [6.07, 6.45) is 2.30. The maximum Gasteiger partial charge on any atom is 0.320 e. The first kappa shape index (κ1) is 13.4. The topological polar surface area (TPSA) is 26.8 Å². The molecule has 1 unspecified atom stereocenters. The lowest BCUT2D eigenvalue weighted by molar-refractivity contribution is 0.0894. The lowest BCUT2D eigenvalue weighted by atomic mass is 10.0. The Morgan fingerprint density at radius 1 is 1.05 bits per heavy atom. The number of amides is 2. The van der Waals surface area contributed by atoms with Gasteiger partial charge in [0.05, 0.1) is 6.04 Å². The first-order valence-electron chi connectivity index (χ1n) is 7.55. The predicted octanol–water partition coefficient (Wildman–Crippen LogP) is 2.19. The van der Waals surface area contributed by atoms with Crippen LogP contribution >= 0.6 is 0 Å². The lowest BCUT2D eigenvalue weighted by Gasteiger charge is -2.41. The molecule has 108 valence electrons. The number of urea groups is 1. The van der Waals surface area contributed by atoms with Crippen LogP contribution in [0.25, 0.3) is 0 Å². The molecule has 1 aromatic carbocycles. The highest BCUT2D eigenvalue weighted by atomic mass is 16.2. The van der Waals surface area contributed by atoms with Crippen molar-refractivity contribution in [1.29, 1.82) is 0 Å². The Morgan fingerprint density at radius 2 is 1.75 bits per heavy atom. The zero-order chi connectivity index (χ0) is 13.9. The van der Waals surface area contributed by atoms with E-state index in [1.54, 1.807) is 0 Å². The molecule has 2 heterocycles. The number of likely N-dealkylation sites (N-methyl/N-ethyl adjacent to an activating group) is 1. The molecule has 0 saturated carbocycles. The van der Waals surface area contributed by atoms with Crippen LogP contribution in [0.2, 0.25) is 0 Å². The van der Waals surface area contributed by atoms with Crippen LogP contribution in [0.4, 0.5) is 4.79 Å². The Hall–Kier alpha value is -1.55. The normalized spacial score (nSPS) is 24.1. The Labute approximate surface area is 121 Å². The van der Waals surface area contributed by atoms with E-state index in [4.69, 9.17) is 0 Å². The van der Waals surface area contributed by atoms with E-state index in [-0.39, 0.29) is 12.1 Å². The average molecular weight is 273 g/mol. The van der Waals surface area contributed by atoms with Gasteiger partial charge < -0.3 is 14.7 Å². The molecule has 4 nitrogen and oxygen atoms in total. The summed E-state index contributed by atoms with van der Waals surface area (Å²) in [6, 6.07) is 10.8. The fourth-order valence-corrected chi connectivity index (χ4v) is 3.20. The zero-order valence-electron chi connectivity index (χ0n) is 12.2. The van der Waals surface area contributed by atoms with Crippen molar-refractivity contribution in [3.63, 3.8) is 0 Å². The van der Waals surface area contributed by atoms with Crippen molar-refractivity contribution in [1.82, 2.24) is 14.7 Å². The molecule has 0 bridgehead atoms. The monoisotopic (exact) mass is 273 g/mol. The fourth-order valence-electron chi connectivity index (χ4n) is 3.20. The molecule has 0 spiro atoms. The zero-order valence-corrected chi connectivity index (χ0v) is 12.2. The Morgan fingerprint density at radius 3 is 2.45 bits per heavy atom. The minimum atomic E-state index is 0.183. The molecule has 1 aromatic rings. The molecule has 20 heavy (non-hydrogen) atoms. The SMILES string of the molecule is CN1CCN(C(=O)N2CCCC2)C(c2ccccc2)C1. The minimum Gasteiger partial charge on any atom is -0.325 e. The molecule has 0 aliphatic carbocycles. The number of nitrogens with zero attached hydrogens (tertiary/aromatic N) is 3. The van der Waals surface area contributed by atoms with E-state index in [0.29, 0.717) is 0 Å². The molecule has 2 aliphatic rings. The summed E-state index contributed by atoms with van der Waals surface area (Å²) in [5.41, 5.74) is 1.24. The van der Waals surface area contributed by atoms with Gasteiger partial charge in [0.1, 0.15) is 0 Å². The van der Waals surface area contributed by atoms with Gasteiger partial charge in [-0.15, -0.1) is 0 Å². The van der Waals surface area contributed by atoms with Gasteiger partial charge in [0, 0.05) is 32.7 Å². The summed E-state index contributed by atoms with van der Waals surface area (Å²) in [5.74, 6) is 0. The molecule has 2 fully saturated rings. The van der Waals surface area contributed by atoms with Crippen LogP contribution < -0.4 is 0 Å². The molecule has 1 atom stereocenters. The highest BCUT2D eigenvalue weighted by Gasteiger charge is 2.33. The molecule has 2 aliphatic heterocycles. The quantitative estimate of drug-likeness (QED) is 0.784. The van der Waals surface area contributed by atoms with Crippen LogP contribution in [0.5, 0.6) is 0 Å². The highest BCUT2D eigenvalue weighted by Crippen LogP contribution is 2.26. The summed E-state index contributed by atoms with van der Waals surface area (Å²) in [5, 5.41) is 0. The summed E-state index contributed by atoms with van der Waals surface area (Å²) >= 11 is 0. The first-order valence-corrected chi connectivity index (χ1v) is 7.55. The molecule has 3 rings (SSSR count). The smallest absolute Gasteiger partial charge is 0.320 e. The Balaban J connectivity index is 1.81. The average Bonchev–Trinajstić information content (AvgIpc) is 3.02. The molecule has 0 N–H and O–H groups in total. The van der Waals surface area contributed by atoms with Crippen LogP contribution in [0.1, 0.15) is 24.4 Å². The van der Waals surface area contributed by atoms with Crippen molar-refractivity contribution in [3.05, 3.63) is 35.9 Å². The second kappa shape index (κ2) is 5.83. The molecule has 4 heteroatoms. The van der Waals surface area contributed by atoms with E-state index >= 15 is 0 Å². The van der Waals surface area contributed by atoms with E-state index in [1.807, 2.05) is 11.0 Å². The van der Waals surface area contributed by atoms with E-state index in [0.717, 1.165) is 45.6 Å². The van der Waals surface area contributed by atoms with Gasteiger partial charge in [0.25, 0.3) is 0 Å². The van der Waals surface area contributed by atoms with Gasteiger partial charge in [-0.25, -0.2) is 4.79 Å². The third kappa shape index (κ3) is 2.66. The Bertz CT molecular complexity index is 456. The van der Waals surface area contributed by atoms with Crippen molar-refractivity contribution in [2.75, 3.05) is 39.8 Å². The standard InChI is InChI=1S/C16H23N3O/c1-17-11-12-19(16(20)18-9-5-6-10-18)15(13-17)14-7-3-2-4-8-14/h2-4,7-8,15H,5-6,9-13H2,1H3. The second-order valence-electron chi connectivity index (χ2n) is 5.86. The third-order valence-electron chi connectivity index (χ3n) is 4.39. The number of hydrogen-bond acceptors (Lipinski definition) is 2. The van der Waals surface area contributed by atoms with Gasteiger partial charge in [-0.3, -0.25) is 0 Å².